The molecule has 0 saturated heterocycles. The van der Waals surface area contributed by atoms with E-state index in [0.29, 0.717) is 0 Å². The largest absolute Gasteiger partial charge is 0.455 e. The van der Waals surface area contributed by atoms with Gasteiger partial charge in [-0.25, -0.2) is 0 Å². The molecule has 0 aliphatic heterocycles. The molecule has 0 saturated carbocycles. The number of fused-ring (bicyclic) bond motifs is 32. The molecule has 0 spiro atoms. The lowest BCUT2D eigenvalue weighted by Crippen LogP contribution is -1.97. The van der Waals surface area contributed by atoms with Gasteiger partial charge in [-0.3, -0.25) is 0 Å². The number of hydrogen-bond acceptors (Lipinski definition) is 3. The van der Waals surface area contributed by atoms with E-state index in [0.717, 1.165) is 128 Å². The van der Waals surface area contributed by atoms with Crippen LogP contribution in [-0.4, -0.2) is 27.4 Å². The first-order chi connectivity index (χ1) is 71.0. The molecule has 0 radical (unpaired) electrons. The molecule has 0 unspecified atom stereocenters. The quantitative estimate of drug-likeness (QED) is 0.145. The van der Waals surface area contributed by atoms with Crippen LogP contribution in [0.2, 0.25) is 0 Å². The lowest BCUT2D eigenvalue weighted by molar-refractivity contribution is 0.669. The smallest absolute Gasteiger partial charge is 0.143 e. The molecule has 9 aromatic heterocycles. The van der Waals surface area contributed by atoms with Gasteiger partial charge in [0, 0.05) is 153 Å². The fourth-order valence-electron chi connectivity index (χ4n) is 23.8. The normalized spacial score (nSPS) is 12.1. The molecule has 9 heterocycles. The molecule has 23 aromatic carbocycles. The van der Waals surface area contributed by atoms with Gasteiger partial charge in [-0.1, -0.05) is 346 Å². The van der Waals surface area contributed by atoms with Gasteiger partial charge in [0.05, 0.1) is 71.9 Å². The fourth-order valence-corrected chi connectivity index (χ4v) is 23.8. The first kappa shape index (κ1) is 79.9. The predicted octanol–water partition coefficient (Wildman–Crippen LogP) is 36.6. The summed E-state index contributed by atoms with van der Waals surface area (Å²) in [5, 5.41) is 26.9. The highest BCUT2D eigenvalue weighted by Gasteiger charge is 2.28. The van der Waals surface area contributed by atoms with Crippen molar-refractivity contribution in [2.45, 2.75) is 0 Å². The summed E-state index contributed by atoms with van der Waals surface area (Å²) in [4.78, 5) is 0. The SMILES string of the molecule is c1ccc(-n2c3ccc4c(c5ccccc5n4-c4ccc(-c5cccc6c5oc5ccccc56)cc4)c3c3ccc4ccccc4c32)cc1.c1ccc(-n2c3ccccc3c3c4c5ccccc5n(-c5ccc(-c6cccc7c6oc6ccccc67)c6ccccc56)c4ccc32)cc1.c1ccc(-n2c3ccccc3c3cc4c(cc32)c2ccccc2n4-c2ccc(-c3cccc4c3oc3ccccc34)cc2)cc1. The van der Waals surface area contributed by atoms with Crippen LogP contribution in [0.1, 0.15) is 0 Å². The van der Waals surface area contributed by atoms with E-state index < -0.39 is 0 Å². The minimum absolute atomic E-state index is 0.913. The topological polar surface area (TPSA) is 69.0 Å². The van der Waals surface area contributed by atoms with Crippen molar-refractivity contribution in [3.05, 3.63) is 497 Å². The second-order valence-corrected chi connectivity index (χ2v) is 37.5. The van der Waals surface area contributed by atoms with Gasteiger partial charge < -0.3 is 40.7 Å². The Morgan fingerprint density at radius 2 is 0.448 bits per heavy atom. The predicted molar refractivity (Wildman–Crippen MR) is 599 cm³/mol. The van der Waals surface area contributed by atoms with E-state index in [9.17, 15) is 0 Å². The number of hydrogen-bond donors (Lipinski definition) is 0. The molecule has 143 heavy (non-hydrogen) atoms. The fraction of sp³-hybridized carbons (Fsp3) is 0. The Bertz CT molecular complexity index is 10900. The van der Waals surface area contributed by atoms with E-state index in [1.165, 1.54) is 158 Å². The minimum Gasteiger partial charge on any atom is -0.455 e. The lowest BCUT2D eigenvalue weighted by atomic mass is 9.95. The number of furan rings is 3. The Hall–Kier alpha value is -19.2. The van der Waals surface area contributed by atoms with Crippen LogP contribution in [0.4, 0.5) is 0 Å². The van der Waals surface area contributed by atoms with Crippen molar-refractivity contribution in [2.24, 2.45) is 0 Å². The van der Waals surface area contributed by atoms with Crippen molar-refractivity contribution >= 4 is 218 Å². The van der Waals surface area contributed by atoms with Gasteiger partial charge in [0.25, 0.3) is 0 Å². The van der Waals surface area contributed by atoms with Crippen LogP contribution in [0, 0.1) is 0 Å². The van der Waals surface area contributed by atoms with E-state index in [1.54, 1.807) is 0 Å². The van der Waals surface area contributed by atoms with Gasteiger partial charge >= 0.3 is 0 Å². The molecule has 9 nitrogen and oxygen atoms in total. The molecule has 0 aliphatic carbocycles. The van der Waals surface area contributed by atoms with Crippen molar-refractivity contribution in [1.29, 1.82) is 0 Å². The van der Waals surface area contributed by atoms with E-state index in [4.69, 9.17) is 13.3 Å². The Morgan fingerprint density at radius 3 is 0.895 bits per heavy atom. The standard InChI is InChI=1S/2C46H28N2O.C42H26N2O/c1-2-13-29(14-3-1)47-38-22-9-6-18-36(38)44-41(47)27-28-42-45(44)37-19-7-10-23-39(37)48(42)40-26-25-31(30-15-4-5-16-32(30)40)34-20-12-21-35-33-17-8-11-24-43(33)49-46(34)35;1-2-12-31(13-3-1)48-41-28-27-40-43(44(41)38-26-23-29-11-4-5-14-33(29)45(38)48)37-16-6-8-19-39(37)47(40)32-24-21-30(22-25-32)34-17-10-18-36-35-15-7-9-20-42(35)49-46(34)36;1-2-11-28(12-3-1)43-37-18-7-4-13-31(37)35-26-40-36(25-39(35)43)32-14-5-8-19-38(32)44(40)29-23-21-27(22-24-29)30-16-10-17-34-33-15-6-9-20-41(33)45-42(30)34/h2*1-28H;1-26H. The Labute approximate surface area is 818 Å². The highest BCUT2D eigenvalue weighted by molar-refractivity contribution is 6.33. The second kappa shape index (κ2) is 31.7. The van der Waals surface area contributed by atoms with Crippen LogP contribution in [-0.2, 0) is 0 Å². The maximum absolute atomic E-state index is 6.51. The number of rotatable bonds is 9. The zero-order valence-corrected chi connectivity index (χ0v) is 77.3. The van der Waals surface area contributed by atoms with E-state index in [2.05, 4.69) is 495 Å². The maximum atomic E-state index is 6.51. The average molecular weight is 1820 g/mol. The summed E-state index contributed by atoms with van der Waals surface area (Å²) in [5.41, 5.74) is 33.7. The molecule has 32 aromatic rings. The Kier molecular flexibility index (Phi) is 17.7. The van der Waals surface area contributed by atoms with Gasteiger partial charge in [-0.2, -0.15) is 0 Å². The molecule has 0 atom stereocenters. The van der Waals surface area contributed by atoms with Crippen molar-refractivity contribution in [3.8, 4) is 67.5 Å². The Morgan fingerprint density at radius 1 is 0.140 bits per heavy atom. The highest BCUT2D eigenvalue weighted by atomic mass is 16.3. The summed E-state index contributed by atoms with van der Waals surface area (Å²) >= 11 is 0. The molecule has 9 heteroatoms. The van der Waals surface area contributed by atoms with Crippen molar-refractivity contribution in [3.63, 3.8) is 0 Å². The van der Waals surface area contributed by atoms with Crippen molar-refractivity contribution in [1.82, 2.24) is 27.4 Å². The number of aromatic nitrogens is 6. The highest BCUT2D eigenvalue weighted by Crippen LogP contribution is 2.51. The molecule has 666 valence electrons. The molecule has 0 fully saturated rings. The summed E-state index contributed by atoms with van der Waals surface area (Å²) in [5.74, 6) is 0. The molecule has 0 amide bonds. The summed E-state index contributed by atoms with van der Waals surface area (Å²) < 4.78 is 33.8. The summed E-state index contributed by atoms with van der Waals surface area (Å²) in [7, 11) is 0. The van der Waals surface area contributed by atoms with Crippen molar-refractivity contribution < 1.29 is 13.3 Å². The monoisotopic (exact) mass is 1820 g/mol. The lowest BCUT2D eigenvalue weighted by Gasteiger charge is -2.15. The third-order valence-corrected chi connectivity index (χ3v) is 29.9. The first-order valence-corrected chi connectivity index (χ1v) is 48.9. The molecule has 0 bridgehead atoms. The van der Waals surface area contributed by atoms with Crippen LogP contribution in [0.3, 0.4) is 0 Å². The molecule has 0 aliphatic rings. The van der Waals surface area contributed by atoms with Crippen molar-refractivity contribution in [2.75, 3.05) is 0 Å². The maximum Gasteiger partial charge on any atom is 0.143 e. The van der Waals surface area contributed by atoms with Crippen LogP contribution in [0.15, 0.2) is 511 Å². The van der Waals surface area contributed by atoms with Gasteiger partial charge in [-0.15, -0.1) is 0 Å². The second-order valence-electron chi connectivity index (χ2n) is 37.5. The van der Waals surface area contributed by atoms with Gasteiger partial charge in [0.15, 0.2) is 0 Å². The summed E-state index contributed by atoms with van der Waals surface area (Å²) in [6.07, 6.45) is 0. The number of benzene rings is 23. The zero-order chi connectivity index (χ0) is 93.6. The number of para-hydroxylation sites is 14. The first-order valence-electron chi connectivity index (χ1n) is 48.9. The van der Waals surface area contributed by atoms with Crippen LogP contribution < -0.4 is 0 Å². The van der Waals surface area contributed by atoms with Gasteiger partial charge in [0.1, 0.15) is 33.5 Å². The van der Waals surface area contributed by atoms with E-state index >= 15 is 0 Å². The number of nitrogens with zero attached hydrogens (tertiary/aromatic N) is 6. The van der Waals surface area contributed by atoms with E-state index in [1.807, 2.05) is 30.3 Å². The van der Waals surface area contributed by atoms with E-state index in [-0.39, 0.29) is 0 Å². The minimum atomic E-state index is 0.913. The third kappa shape index (κ3) is 12.1. The van der Waals surface area contributed by atoms with Gasteiger partial charge in [-0.05, 0) is 179 Å². The van der Waals surface area contributed by atoms with Gasteiger partial charge in [0.2, 0.25) is 0 Å². The zero-order valence-electron chi connectivity index (χ0n) is 77.3. The summed E-state index contributed by atoms with van der Waals surface area (Å²) in [6.45, 7) is 0. The van der Waals surface area contributed by atoms with Crippen LogP contribution >= 0.6 is 0 Å². The van der Waals surface area contributed by atoms with Crippen LogP contribution in [0.5, 0.6) is 0 Å². The summed E-state index contributed by atoms with van der Waals surface area (Å²) in [6, 6.07) is 179. The average Bonchev–Trinajstić information content (AvgIpc) is 1.55. The molecular formula is C134H82N6O3. The molecular weight excluding hydrogens is 1740 g/mol. The Balaban J connectivity index is 0.000000100. The van der Waals surface area contributed by atoms with Crippen LogP contribution in [0.25, 0.3) is 286 Å². The molecule has 32 rings (SSSR count). The third-order valence-electron chi connectivity index (χ3n) is 29.9. The molecule has 0 N–H and O–H groups in total.